The number of guanidine groups is 1. The Bertz CT molecular complexity index is 539. The van der Waals surface area contributed by atoms with E-state index in [4.69, 9.17) is 9.47 Å². The zero-order valence-electron chi connectivity index (χ0n) is 14.4. The van der Waals surface area contributed by atoms with Gasteiger partial charge in [-0.1, -0.05) is 25.1 Å². The molecule has 1 fully saturated rings. The van der Waals surface area contributed by atoms with Gasteiger partial charge in [-0.15, -0.1) is 24.0 Å². The van der Waals surface area contributed by atoms with E-state index in [-0.39, 0.29) is 41.8 Å². The molecular formula is C17H26IN3O3. The first-order valence-corrected chi connectivity index (χ1v) is 7.87. The van der Waals surface area contributed by atoms with Gasteiger partial charge >= 0.3 is 5.97 Å². The summed E-state index contributed by atoms with van der Waals surface area (Å²) in [5.41, 5.74) is 0. The third kappa shape index (κ3) is 5.54. The molecule has 0 spiro atoms. The summed E-state index contributed by atoms with van der Waals surface area (Å²) in [6.07, 6.45) is 0. The second-order valence-corrected chi connectivity index (χ2v) is 5.65. The van der Waals surface area contributed by atoms with Gasteiger partial charge in [0.1, 0.15) is 12.4 Å². The van der Waals surface area contributed by atoms with Crippen molar-refractivity contribution in [2.24, 2.45) is 16.8 Å². The molecule has 2 atom stereocenters. The van der Waals surface area contributed by atoms with Gasteiger partial charge in [0.25, 0.3) is 0 Å². The van der Waals surface area contributed by atoms with Gasteiger partial charge in [0.2, 0.25) is 0 Å². The fourth-order valence-corrected chi connectivity index (χ4v) is 2.78. The van der Waals surface area contributed by atoms with Crippen LogP contribution in [0.1, 0.15) is 6.92 Å². The van der Waals surface area contributed by atoms with E-state index in [0.29, 0.717) is 19.7 Å². The highest BCUT2D eigenvalue weighted by Gasteiger charge is 2.36. The summed E-state index contributed by atoms with van der Waals surface area (Å²) in [5, 5.41) is 3.28. The molecule has 7 heteroatoms. The van der Waals surface area contributed by atoms with E-state index in [9.17, 15) is 4.79 Å². The Hall–Kier alpha value is -1.51. The molecule has 6 nitrogen and oxygen atoms in total. The van der Waals surface area contributed by atoms with E-state index >= 15 is 0 Å². The molecule has 0 radical (unpaired) electrons. The zero-order valence-corrected chi connectivity index (χ0v) is 16.7. The van der Waals surface area contributed by atoms with Crippen LogP contribution in [0.3, 0.4) is 0 Å². The minimum absolute atomic E-state index is 0. The summed E-state index contributed by atoms with van der Waals surface area (Å²) in [5.74, 6) is 1.65. The van der Waals surface area contributed by atoms with Crippen LogP contribution in [0, 0.1) is 11.8 Å². The number of halogens is 1. The van der Waals surface area contributed by atoms with E-state index < -0.39 is 0 Å². The molecule has 0 saturated carbocycles. The van der Waals surface area contributed by atoms with Crippen molar-refractivity contribution in [2.75, 3.05) is 40.4 Å². The number of benzene rings is 1. The number of esters is 1. The molecule has 1 N–H and O–H groups in total. The summed E-state index contributed by atoms with van der Waals surface area (Å²) in [7, 11) is 3.18. The van der Waals surface area contributed by atoms with Gasteiger partial charge in [0, 0.05) is 20.1 Å². The average Bonchev–Trinajstić information content (AvgIpc) is 2.96. The van der Waals surface area contributed by atoms with Crippen molar-refractivity contribution in [1.82, 2.24) is 10.2 Å². The highest BCUT2D eigenvalue weighted by molar-refractivity contribution is 14.0. The Kier molecular flexibility index (Phi) is 8.88. The summed E-state index contributed by atoms with van der Waals surface area (Å²) in [6.45, 7) is 4.68. The number of para-hydroxylation sites is 1. The number of hydrogen-bond acceptors (Lipinski definition) is 4. The van der Waals surface area contributed by atoms with Gasteiger partial charge < -0.3 is 19.7 Å². The normalized spacial score (nSPS) is 20.3. The minimum Gasteiger partial charge on any atom is -0.492 e. The lowest BCUT2D eigenvalue weighted by Gasteiger charge is -2.21. The molecule has 1 heterocycles. The first-order valence-electron chi connectivity index (χ1n) is 7.87. The van der Waals surface area contributed by atoms with Gasteiger partial charge in [0.05, 0.1) is 19.6 Å². The van der Waals surface area contributed by atoms with E-state index in [1.54, 1.807) is 7.05 Å². The Morgan fingerprint density at radius 1 is 1.33 bits per heavy atom. The van der Waals surface area contributed by atoms with Crippen LogP contribution in [-0.2, 0) is 9.53 Å². The average molecular weight is 447 g/mol. The first-order chi connectivity index (χ1) is 11.2. The van der Waals surface area contributed by atoms with Gasteiger partial charge in [-0.3, -0.25) is 9.79 Å². The molecule has 1 saturated heterocycles. The van der Waals surface area contributed by atoms with Gasteiger partial charge in [-0.05, 0) is 18.1 Å². The fourth-order valence-electron chi connectivity index (χ4n) is 2.78. The molecule has 2 rings (SSSR count). The Morgan fingerprint density at radius 3 is 2.67 bits per heavy atom. The molecule has 0 amide bonds. The Morgan fingerprint density at radius 2 is 2.04 bits per heavy atom. The lowest BCUT2D eigenvalue weighted by atomic mass is 9.99. The maximum absolute atomic E-state index is 11.8. The van der Waals surface area contributed by atoms with Crippen LogP contribution < -0.4 is 10.1 Å². The van der Waals surface area contributed by atoms with E-state index in [0.717, 1.165) is 18.3 Å². The number of carbonyl (C=O) groups excluding carboxylic acids is 1. The topological polar surface area (TPSA) is 63.2 Å². The molecule has 1 aromatic rings. The van der Waals surface area contributed by atoms with Crippen molar-refractivity contribution >= 4 is 35.9 Å². The summed E-state index contributed by atoms with van der Waals surface area (Å²) >= 11 is 0. The van der Waals surface area contributed by atoms with Gasteiger partial charge in [-0.2, -0.15) is 0 Å². The Balaban J connectivity index is 0.00000288. The molecular weight excluding hydrogens is 421 g/mol. The van der Waals surface area contributed by atoms with Gasteiger partial charge in [-0.25, -0.2) is 0 Å². The van der Waals surface area contributed by atoms with Crippen molar-refractivity contribution in [1.29, 1.82) is 0 Å². The van der Waals surface area contributed by atoms with Crippen molar-refractivity contribution in [3.63, 3.8) is 0 Å². The zero-order chi connectivity index (χ0) is 16.7. The monoisotopic (exact) mass is 447 g/mol. The number of rotatable bonds is 5. The minimum atomic E-state index is -0.150. The Labute approximate surface area is 160 Å². The van der Waals surface area contributed by atoms with Crippen molar-refractivity contribution < 1.29 is 14.3 Å². The standard InChI is InChI=1S/C17H25N3O3.HI/c1-13-11-20(12-15(13)16(21)22-3)17(18-2)19-9-10-23-14-7-5-4-6-8-14;/h4-8,13,15H,9-12H2,1-3H3,(H,18,19);1H. The summed E-state index contributed by atoms with van der Waals surface area (Å²) < 4.78 is 10.5. The molecule has 0 aromatic heterocycles. The second kappa shape index (κ2) is 10.4. The number of ether oxygens (including phenoxy) is 2. The van der Waals surface area contributed by atoms with Crippen LogP contribution in [0.4, 0.5) is 0 Å². The molecule has 1 aromatic carbocycles. The highest BCUT2D eigenvalue weighted by atomic mass is 127. The van der Waals surface area contributed by atoms with Crippen LogP contribution in [-0.4, -0.2) is 57.2 Å². The number of hydrogen-bond donors (Lipinski definition) is 1. The van der Waals surface area contributed by atoms with Crippen LogP contribution in [0.25, 0.3) is 0 Å². The quantitative estimate of drug-likeness (QED) is 0.246. The lowest BCUT2D eigenvalue weighted by Crippen LogP contribution is -2.42. The molecule has 1 aliphatic heterocycles. The van der Waals surface area contributed by atoms with Crippen molar-refractivity contribution in [3.05, 3.63) is 30.3 Å². The fraction of sp³-hybridized carbons (Fsp3) is 0.529. The van der Waals surface area contributed by atoms with E-state index in [1.807, 2.05) is 30.3 Å². The molecule has 0 bridgehead atoms. The predicted octanol–water partition coefficient (Wildman–Crippen LogP) is 2.00. The highest BCUT2D eigenvalue weighted by Crippen LogP contribution is 2.23. The van der Waals surface area contributed by atoms with Crippen molar-refractivity contribution in [2.45, 2.75) is 6.92 Å². The lowest BCUT2D eigenvalue weighted by molar-refractivity contribution is -0.145. The second-order valence-electron chi connectivity index (χ2n) is 5.65. The number of likely N-dealkylation sites (tertiary alicyclic amines) is 1. The smallest absolute Gasteiger partial charge is 0.310 e. The first kappa shape index (κ1) is 20.5. The number of aliphatic imine (C=N–C) groups is 1. The van der Waals surface area contributed by atoms with Crippen molar-refractivity contribution in [3.8, 4) is 5.75 Å². The number of carbonyl (C=O) groups is 1. The van der Waals surface area contributed by atoms with Crippen LogP contribution >= 0.6 is 24.0 Å². The van der Waals surface area contributed by atoms with Gasteiger partial charge in [0.15, 0.2) is 5.96 Å². The predicted molar refractivity (Wildman–Crippen MR) is 105 cm³/mol. The number of nitrogens with one attached hydrogen (secondary N) is 1. The number of methoxy groups -OCH3 is 1. The van der Waals surface area contributed by atoms with Crippen LogP contribution in [0.5, 0.6) is 5.75 Å². The molecule has 1 aliphatic rings. The van der Waals surface area contributed by atoms with Crippen LogP contribution in [0.2, 0.25) is 0 Å². The maximum atomic E-state index is 11.8. The number of nitrogens with zero attached hydrogens (tertiary/aromatic N) is 2. The van der Waals surface area contributed by atoms with Crippen LogP contribution in [0.15, 0.2) is 35.3 Å². The van der Waals surface area contributed by atoms with E-state index in [1.165, 1.54) is 7.11 Å². The third-order valence-electron chi connectivity index (χ3n) is 4.02. The third-order valence-corrected chi connectivity index (χ3v) is 4.02. The summed E-state index contributed by atoms with van der Waals surface area (Å²) in [6, 6.07) is 9.70. The molecule has 0 aliphatic carbocycles. The summed E-state index contributed by atoms with van der Waals surface area (Å²) in [4.78, 5) is 18.2. The SMILES string of the molecule is CN=C(NCCOc1ccccc1)N1CC(C)C(C(=O)OC)C1.I. The van der Waals surface area contributed by atoms with E-state index in [2.05, 4.69) is 22.1 Å². The maximum Gasteiger partial charge on any atom is 0.310 e. The molecule has 24 heavy (non-hydrogen) atoms. The largest absolute Gasteiger partial charge is 0.492 e. The molecule has 134 valence electrons. The molecule has 2 unspecified atom stereocenters.